The van der Waals surface area contributed by atoms with E-state index in [4.69, 9.17) is 4.74 Å². The van der Waals surface area contributed by atoms with Crippen molar-refractivity contribution in [2.75, 3.05) is 17.1 Å². The fourth-order valence-corrected chi connectivity index (χ4v) is 3.12. The van der Waals surface area contributed by atoms with Crippen molar-refractivity contribution in [1.29, 1.82) is 0 Å². The highest BCUT2D eigenvalue weighted by atomic mass is 32.2. The lowest BCUT2D eigenvalue weighted by molar-refractivity contribution is 0.0306. The van der Waals surface area contributed by atoms with Gasteiger partial charge in [-0.2, -0.15) is 5.10 Å². The van der Waals surface area contributed by atoms with Gasteiger partial charge in [-0.05, 0) is 19.3 Å². The van der Waals surface area contributed by atoms with E-state index >= 15 is 0 Å². The van der Waals surface area contributed by atoms with Crippen LogP contribution in [0.25, 0.3) is 0 Å². The molecule has 17 heavy (non-hydrogen) atoms. The number of anilines is 1. The summed E-state index contributed by atoms with van der Waals surface area (Å²) in [7, 11) is -1.63. The SMILES string of the molecule is Cn1ccc(NS(=O)(=O)CC2CCCCO2)n1. The minimum absolute atomic E-state index is 0.00355. The fraction of sp³-hybridized carbons (Fsp3) is 0.700. The maximum Gasteiger partial charge on any atom is 0.236 e. The first-order chi connectivity index (χ1) is 8.05. The predicted molar refractivity (Wildman–Crippen MR) is 64.2 cm³/mol. The molecule has 1 aromatic rings. The number of rotatable bonds is 4. The molecule has 2 heterocycles. The number of aryl methyl sites for hydroxylation is 1. The summed E-state index contributed by atoms with van der Waals surface area (Å²) in [5, 5.41) is 3.97. The van der Waals surface area contributed by atoms with Crippen LogP contribution in [0.15, 0.2) is 12.3 Å². The lowest BCUT2D eigenvalue weighted by atomic mass is 10.1. The van der Waals surface area contributed by atoms with Crippen molar-refractivity contribution in [3.8, 4) is 0 Å². The monoisotopic (exact) mass is 259 g/mol. The van der Waals surface area contributed by atoms with Gasteiger partial charge in [0.2, 0.25) is 10.0 Å². The van der Waals surface area contributed by atoms with Gasteiger partial charge in [0, 0.05) is 25.9 Å². The van der Waals surface area contributed by atoms with Crippen LogP contribution in [0.3, 0.4) is 0 Å². The van der Waals surface area contributed by atoms with Gasteiger partial charge in [0.15, 0.2) is 5.82 Å². The van der Waals surface area contributed by atoms with Gasteiger partial charge in [-0.3, -0.25) is 9.40 Å². The van der Waals surface area contributed by atoms with Gasteiger partial charge >= 0.3 is 0 Å². The number of hydrogen-bond acceptors (Lipinski definition) is 4. The Hall–Kier alpha value is -1.08. The molecule has 0 radical (unpaired) electrons. The van der Waals surface area contributed by atoms with Crippen molar-refractivity contribution >= 4 is 15.8 Å². The van der Waals surface area contributed by atoms with E-state index in [1.807, 2.05) is 0 Å². The molecule has 1 aliphatic rings. The van der Waals surface area contributed by atoms with Crippen LogP contribution in [0.4, 0.5) is 5.82 Å². The molecule has 1 fully saturated rings. The number of aromatic nitrogens is 2. The van der Waals surface area contributed by atoms with Crippen molar-refractivity contribution in [2.45, 2.75) is 25.4 Å². The number of ether oxygens (including phenoxy) is 1. The van der Waals surface area contributed by atoms with Gasteiger partial charge in [-0.1, -0.05) is 0 Å². The second-order valence-corrected chi connectivity index (χ2v) is 6.01. The zero-order valence-electron chi connectivity index (χ0n) is 9.80. The van der Waals surface area contributed by atoms with Gasteiger partial charge in [0.05, 0.1) is 11.9 Å². The molecule has 6 nitrogen and oxygen atoms in total. The standard InChI is InChI=1S/C10H17N3O3S/c1-13-6-5-10(11-13)12-17(14,15)8-9-4-2-3-7-16-9/h5-6,9H,2-4,7-8H2,1H3,(H,11,12). The van der Waals surface area contributed by atoms with E-state index in [9.17, 15) is 8.42 Å². The molecule has 1 aromatic heterocycles. The van der Waals surface area contributed by atoms with Crippen molar-refractivity contribution < 1.29 is 13.2 Å². The molecule has 0 bridgehead atoms. The van der Waals surface area contributed by atoms with Crippen LogP contribution in [-0.4, -0.2) is 36.7 Å². The Morgan fingerprint density at radius 2 is 2.41 bits per heavy atom. The summed E-state index contributed by atoms with van der Waals surface area (Å²) in [5.74, 6) is 0.354. The minimum atomic E-state index is -3.37. The summed E-state index contributed by atoms with van der Waals surface area (Å²) in [6.07, 6.45) is 4.36. The van der Waals surface area contributed by atoms with E-state index < -0.39 is 10.0 Å². The van der Waals surface area contributed by atoms with Crippen molar-refractivity contribution in [3.63, 3.8) is 0 Å². The molecular weight excluding hydrogens is 242 g/mol. The first kappa shape index (κ1) is 12.4. The largest absolute Gasteiger partial charge is 0.377 e. The van der Waals surface area contributed by atoms with E-state index in [-0.39, 0.29) is 11.9 Å². The first-order valence-electron chi connectivity index (χ1n) is 5.67. The van der Waals surface area contributed by atoms with Gasteiger partial charge in [0.1, 0.15) is 0 Å². The third-order valence-corrected chi connectivity index (χ3v) is 3.98. The van der Waals surface area contributed by atoms with Crippen LogP contribution in [0.1, 0.15) is 19.3 Å². The lowest BCUT2D eigenvalue weighted by Crippen LogP contribution is -2.31. The molecule has 1 saturated heterocycles. The Labute approximate surface area is 101 Å². The summed E-state index contributed by atoms with van der Waals surface area (Å²) in [6, 6.07) is 1.62. The Bertz CT molecular complexity index is 463. The second kappa shape index (κ2) is 5.05. The highest BCUT2D eigenvalue weighted by molar-refractivity contribution is 7.92. The average Bonchev–Trinajstić information content (AvgIpc) is 2.63. The Balaban J connectivity index is 1.94. The average molecular weight is 259 g/mol. The highest BCUT2D eigenvalue weighted by Gasteiger charge is 2.22. The van der Waals surface area contributed by atoms with Crippen molar-refractivity contribution in [3.05, 3.63) is 12.3 Å². The van der Waals surface area contributed by atoms with Crippen LogP contribution in [0.2, 0.25) is 0 Å². The molecule has 1 aliphatic heterocycles. The quantitative estimate of drug-likeness (QED) is 0.865. The third-order valence-electron chi connectivity index (χ3n) is 2.65. The van der Waals surface area contributed by atoms with Gasteiger partial charge in [-0.15, -0.1) is 0 Å². The zero-order chi connectivity index (χ0) is 12.3. The van der Waals surface area contributed by atoms with Crippen LogP contribution in [0, 0.1) is 0 Å². The normalized spacial score (nSPS) is 21.4. The maximum absolute atomic E-state index is 11.8. The van der Waals surface area contributed by atoms with Crippen LogP contribution in [0.5, 0.6) is 0 Å². The molecule has 1 N–H and O–H groups in total. The summed E-state index contributed by atoms with van der Waals surface area (Å²) in [4.78, 5) is 0. The number of nitrogens with zero attached hydrogens (tertiary/aromatic N) is 2. The maximum atomic E-state index is 11.8. The molecule has 0 amide bonds. The molecule has 0 aliphatic carbocycles. The first-order valence-corrected chi connectivity index (χ1v) is 7.32. The fourth-order valence-electron chi connectivity index (χ4n) is 1.85. The molecule has 1 atom stereocenters. The number of sulfonamides is 1. The van der Waals surface area contributed by atoms with Crippen LogP contribution >= 0.6 is 0 Å². The molecule has 7 heteroatoms. The summed E-state index contributed by atoms with van der Waals surface area (Å²) in [6.45, 7) is 0.657. The van der Waals surface area contributed by atoms with E-state index in [1.54, 1.807) is 24.0 Å². The topological polar surface area (TPSA) is 73.2 Å². The van der Waals surface area contributed by atoms with E-state index in [0.717, 1.165) is 19.3 Å². The minimum Gasteiger partial charge on any atom is -0.377 e. The van der Waals surface area contributed by atoms with Gasteiger partial charge in [-0.25, -0.2) is 8.42 Å². The molecule has 0 saturated carbocycles. The van der Waals surface area contributed by atoms with Gasteiger partial charge < -0.3 is 4.74 Å². The number of nitrogens with one attached hydrogen (secondary N) is 1. The lowest BCUT2D eigenvalue weighted by Gasteiger charge is -2.22. The van der Waals surface area contributed by atoms with Crippen LogP contribution in [-0.2, 0) is 21.8 Å². The number of hydrogen-bond donors (Lipinski definition) is 1. The predicted octanol–water partition coefficient (Wildman–Crippen LogP) is 0.731. The van der Waals surface area contributed by atoms with Gasteiger partial charge in [0.25, 0.3) is 0 Å². The molecule has 96 valence electrons. The molecule has 0 aromatic carbocycles. The molecule has 0 spiro atoms. The van der Waals surface area contributed by atoms with Crippen molar-refractivity contribution in [2.24, 2.45) is 7.05 Å². The second-order valence-electron chi connectivity index (χ2n) is 4.25. The van der Waals surface area contributed by atoms with Crippen molar-refractivity contribution in [1.82, 2.24) is 9.78 Å². The molecule has 2 rings (SSSR count). The highest BCUT2D eigenvalue weighted by Crippen LogP contribution is 2.15. The third kappa shape index (κ3) is 3.71. The Morgan fingerprint density at radius 1 is 1.59 bits per heavy atom. The Morgan fingerprint density at radius 3 is 3.00 bits per heavy atom. The van der Waals surface area contributed by atoms with E-state index in [0.29, 0.717) is 12.4 Å². The zero-order valence-corrected chi connectivity index (χ0v) is 10.6. The van der Waals surface area contributed by atoms with Crippen LogP contribution < -0.4 is 4.72 Å². The summed E-state index contributed by atoms with van der Waals surface area (Å²) >= 11 is 0. The summed E-state index contributed by atoms with van der Waals surface area (Å²) in [5.41, 5.74) is 0. The summed E-state index contributed by atoms with van der Waals surface area (Å²) < 4.78 is 33.1. The smallest absolute Gasteiger partial charge is 0.236 e. The molecule has 1 unspecified atom stereocenters. The molecular formula is C10H17N3O3S. The van der Waals surface area contributed by atoms with E-state index in [2.05, 4.69) is 9.82 Å². The van der Waals surface area contributed by atoms with E-state index in [1.165, 1.54) is 0 Å². The Kier molecular flexibility index (Phi) is 3.68.